The quantitative estimate of drug-likeness (QED) is 0.527. The largest absolute Gasteiger partial charge is 0.299 e. The first kappa shape index (κ1) is 23.0. The van der Waals surface area contributed by atoms with Gasteiger partial charge in [-0.05, 0) is 43.2 Å². The fourth-order valence-corrected chi connectivity index (χ4v) is 4.91. The van der Waals surface area contributed by atoms with Crippen LogP contribution in [0, 0.1) is 18.7 Å². The molecule has 0 fully saturated rings. The molecule has 1 amide bonds. The molecule has 0 saturated carbocycles. The molecule has 7 nitrogen and oxygen atoms in total. The van der Waals surface area contributed by atoms with Crippen LogP contribution in [0.3, 0.4) is 0 Å². The number of nitrogens with zero attached hydrogens (tertiary/aromatic N) is 2. The average molecular weight is 463 g/mol. The fraction of sp³-hybridized carbons (Fsp3) is 0.286. The van der Waals surface area contributed by atoms with Crippen molar-refractivity contribution in [2.24, 2.45) is 5.92 Å². The Morgan fingerprint density at radius 1 is 1.16 bits per heavy atom. The lowest BCUT2D eigenvalue weighted by Crippen LogP contribution is -2.47. The summed E-state index contributed by atoms with van der Waals surface area (Å²) in [7, 11) is -4.02. The maximum absolute atomic E-state index is 13.1. The number of carbonyl (C=O) groups is 1. The van der Waals surface area contributed by atoms with E-state index in [1.54, 1.807) is 6.92 Å². The van der Waals surface area contributed by atoms with Crippen molar-refractivity contribution >= 4 is 32.4 Å². The summed E-state index contributed by atoms with van der Waals surface area (Å²) in [6.45, 7) is 5.60. The Morgan fingerprint density at radius 3 is 2.52 bits per heavy atom. The Labute approximate surface area is 184 Å². The molecule has 0 bridgehead atoms. The molecule has 1 aromatic heterocycles. The molecule has 3 aromatic rings. The van der Waals surface area contributed by atoms with E-state index in [-0.39, 0.29) is 15.9 Å². The van der Waals surface area contributed by atoms with Crippen LogP contribution in [0.2, 0.25) is 0 Å². The molecule has 2 unspecified atom stereocenters. The lowest BCUT2D eigenvalue weighted by Gasteiger charge is -2.22. The van der Waals surface area contributed by atoms with Gasteiger partial charge in [0.25, 0.3) is 0 Å². The van der Waals surface area contributed by atoms with Gasteiger partial charge in [0, 0.05) is 5.56 Å². The van der Waals surface area contributed by atoms with Gasteiger partial charge in [0.1, 0.15) is 16.9 Å². The first-order valence-electron chi connectivity index (χ1n) is 9.69. The molecule has 3 rings (SSSR count). The molecule has 2 N–H and O–H groups in total. The summed E-state index contributed by atoms with van der Waals surface area (Å²) in [5, 5.41) is 11.7. The highest BCUT2D eigenvalue weighted by atomic mass is 32.2. The molecule has 0 aliphatic carbocycles. The summed E-state index contributed by atoms with van der Waals surface area (Å²) < 4.78 is 41.0. The van der Waals surface area contributed by atoms with E-state index in [0.29, 0.717) is 11.4 Å². The molecule has 0 aliphatic rings. The van der Waals surface area contributed by atoms with E-state index in [0.717, 1.165) is 35.4 Å². The number of nitrogens with one attached hydrogen (secondary N) is 2. The van der Waals surface area contributed by atoms with Gasteiger partial charge in [0.2, 0.25) is 21.1 Å². The third kappa shape index (κ3) is 5.72. The Kier molecular flexibility index (Phi) is 7.14. The molecule has 0 radical (unpaired) electrons. The number of hydrogen-bond acceptors (Lipinski definition) is 6. The summed E-state index contributed by atoms with van der Waals surface area (Å²) in [4.78, 5) is 12.8. The normalized spacial score (nSPS) is 13.5. The van der Waals surface area contributed by atoms with Crippen LogP contribution in [0.4, 0.5) is 9.52 Å². The summed E-state index contributed by atoms with van der Waals surface area (Å²) in [6, 6.07) is 11.1. The van der Waals surface area contributed by atoms with E-state index in [1.165, 1.54) is 11.3 Å². The van der Waals surface area contributed by atoms with Crippen LogP contribution in [0.1, 0.15) is 25.8 Å². The van der Waals surface area contributed by atoms with Crippen molar-refractivity contribution in [2.45, 2.75) is 38.1 Å². The van der Waals surface area contributed by atoms with Gasteiger partial charge in [-0.25, -0.2) is 12.8 Å². The zero-order valence-electron chi connectivity index (χ0n) is 17.3. The highest BCUT2D eigenvalue weighted by Gasteiger charge is 2.30. The van der Waals surface area contributed by atoms with Gasteiger partial charge in [-0.15, -0.1) is 10.2 Å². The Morgan fingerprint density at radius 2 is 1.87 bits per heavy atom. The summed E-state index contributed by atoms with van der Waals surface area (Å²) in [5.41, 5.74) is 1.96. The highest BCUT2D eigenvalue weighted by molar-refractivity contribution is 7.89. The zero-order valence-corrected chi connectivity index (χ0v) is 18.9. The van der Waals surface area contributed by atoms with E-state index in [1.807, 2.05) is 38.1 Å². The van der Waals surface area contributed by atoms with Crippen molar-refractivity contribution in [2.75, 3.05) is 5.32 Å². The van der Waals surface area contributed by atoms with Crippen LogP contribution in [0.5, 0.6) is 0 Å². The van der Waals surface area contributed by atoms with Gasteiger partial charge in [-0.1, -0.05) is 55.4 Å². The Hall–Kier alpha value is -2.69. The third-order valence-corrected chi connectivity index (χ3v) is 7.17. The molecule has 1 heterocycles. The second-order valence-electron chi connectivity index (χ2n) is 7.21. The third-order valence-electron chi connectivity index (χ3n) is 4.82. The first-order chi connectivity index (χ1) is 14.7. The van der Waals surface area contributed by atoms with Gasteiger partial charge < -0.3 is 0 Å². The van der Waals surface area contributed by atoms with Crippen LogP contribution >= 0.6 is 11.3 Å². The number of carbonyl (C=O) groups excluding carboxylic acids is 1. The van der Waals surface area contributed by atoms with Crippen LogP contribution in [-0.2, 0) is 14.8 Å². The van der Waals surface area contributed by atoms with Gasteiger partial charge in [-0.3, -0.25) is 10.1 Å². The average Bonchev–Trinajstić information content (AvgIpc) is 3.20. The van der Waals surface area contributed by atoms with Gasteiger partial charge in [-0.2, -0.15) is 4.72 Å². The van der Waals surface area contributed by atoms with Gasteiger partial charge in [0.05, 0.1) is 4.90 Å². The van der Waals surface area contributed by atoms with Crippen LogP contribution in [0.15, 0.2) is 53.4 Å². The number of sulfonamides is 1. The predicted octanol–water partition coefficient (Wildman–Crippen LogP) is 3.98. The van der Waals surface area contributed by atoms with E-state index in [4.69, 9.17) is 0 Å². The molecule has 2 aromatic carbocycles. The Bertz CT molecular complexity index is 1160. The number of amides is 1. The predicted molar refractivity (Wildman–Crippen MR) is 119 cm³/mol. The molecule has 0 spiro atoms. The Balaban J connectivity index is 1.78. The zero-order chi connectivity index (χ0) is 22.6. The fourth-order valence-electron chi connectivity index (χ4n) is 2.86. The number of aryl methyl sites for hydroxylation is 1. The summed E-state index contributed by atoms with van der Waals surface area (Å²) in [5.74, 6) is -1.37. The second-order valence-corrected chi connectivity index (χ2v) is 9.90. The van der Waals surface area contributed by atoms with Crippen molar-refractivity contribution < 1.29 is 17.6 Å². The van der Waals surface area contributed by atoms with Crippen LogP contribution in [-0.4, -0.2) is 30.6 Å². The number of rotatable bonds is 8. The van der Waals surface area contributed by atoms with E-state index in [2.05, 4.69) is 20.2 Å². The lowest BCUT2D eigenvalue weighted by atomic mass is 9.99. The van der Waals surface area contributed by atoms with Crippen LogP contribution < -0.4 is 10.0 Å². The molecular weight excluding hydrogens is 439 g/mol. The van der Waals surface area contributed by atoms with Gasteiger partial charge >= 0.3 is 0 Å². The standard InChI is InChI=1S/C21H23FN4O3S2/c1-4-14(3)18(26-31(28,29)17-10-8-16(22)9-11-17)19(27)23-21-25-24-20(30-21)15-7-5-6-13(2)12-15/h5-12,14,18,26H,4H2,1-3H3,(H,23,25,27). The van der Waals surface area contributed by atoms with Crippen molar-refractivity contribution in [3.8, 4) is 10.6 Å². The molecule has 10 heteroatoms. The molecule has 0 aliphatic heterocycles. The van der Waals surface area contributed by atoms with E-state index in [9.17, 15) is 17.6 Å². The molecule has 164 valence electrons. The van der Waals surface area contributed by atoms with E-state index >= 15 is 0 Å². The molecular formula is C21H23FN4O3S2. The van der Waals surface area contributed by atoms with Crippen molar-refractivity contribution in [3.05, 3.63) is 59.9 Å². The van der Waals surface area contributed by atoms with Crippen molar-refractivity contribution in [1.82, 2.24) is 14.9 Å². The van der Waals surface area contributed by atoms with Gasteiger partial charge in [0.15, 0.2) is 0 Å². The van der Waals surface area contributed by atoms with Crippen LogP contribution in [0.25, 0.3) is 10.6 Å². The number of halogens is 1. The number of hydrogen-bond donors (Lipinski definition) is 2. The maximum atomic E-state index is 13.1. The first-order valence-corrected chi connectivity index (χ1v) is 12.0. The number of anilines is 1. The monoisotopic (exact) mass is 462 g/mol. The minimum atomic E-state index is -4.02. The molecule has 2 atom stereocenters. The minimum absolute atomic E-state index is 0.118. The summed E-state index contributed by atoms with van der Waals surface area (Å²) in [6.07, 6.45) is 0.564. The summed E-state index contributed by atoms with van der Waals surface area (Å²) >= 11 is 1.20. The minimum Gasteiger partial charge on any atom is -0.299 e. The SMILES string of the molecule is CCC(C)C(NS(=O)(=O)c1ccc(F)cc1)C(=O)Nc1nnc(-c2cccc(C)c2)s1. The highest BCUT2D eigenvalue weighted by Crippen LogP contribution is 2.27. The van der Waals surface area contributed by atoms with E-state index < -0.39 is 27.8 Å². The smallest absolute Gasteiger partial charge is 0.244 e. The van der Waals surface area contributed by atoms with Crippen molar-refractivity contribution in [3.63, 3.8) is 0 Å². The lowest BCUT2D eigenvalue weighted by molar-refractivity contribution is -0.118. The second kappa shape index (κ2) is 9.63. The van der Waals surface area contributed by atoms with Crippen molar-refractivity contribution in [1.29, 1.82) is 0 Å². The molecule has 0 saturated heterocycles. The number of benzene rings is 2. The molecule has 31 heavy (non-hydrogen) atoms. The topological polar surface area (TPSA) is 101 Å². The number of aromatic nitrogens is 2. The maximum Gasteiger partial charge on any atom is 0.244 e.